The third-order valence-electron chi connectivity index (χ3n) is 4.93. The van der Waals surface area contributed by atoms with Gasteiger partial charge in [-0.1, -0.05) is 67.3 Å². The van der Waals surface area contributed by atoms with E-state index in [0.29, 0.717) is 0 Å². The SMILES string of the molecule is CNCC(C)=C(c1ccccc1)c1ccc(SC2CCCCC2)cc1. The second-order valence-corrected chi connectivity index (χ2v) is 8.33. The molecular weight excluding hydrogens is 322 g/mol. The summed E-state index contributed by atoms with van der Waals surface area (Å²) >= 11 is 2.07. The molecule has 0 unspecified atom stereocenters. The molecule has 2 heteroatoms. The molecule has 1 aliphatic carbocycles. The van der Waals surface area contributed by atoms with Crippen LogP contribution in [0.1, 0.15) is 50.2 Å². The number of rotatable bonds is 6. The van der Waals surface area contributed by atoms with Gasteiger partial charge < -0.3 is 5.32 Å². The largest absolute Gasteiger partial charge is 0.316 e. The van der Waals surface area contributed by atoms with Crippen LogP contribution in [0.2, 0.25) is 0 Å². The summed E-state index contributed by atoms with van der Waals surface area (Å²) < 4.78 is 0. The summed E-state index contributed by atoms with van der Waals surface area (Å²) in [7, 11) is 2.01. The van der Waals surface area contributed by atoms with Gasteiger partial charge in [0.2, 0.25) is 0 Å². The van der Waals surface area contributed by atoms with E-state index in [9.17, 15) is 0 Å². The third kappa shape index (κ3) is 4.99. The number of likely N-dealkylation sites (N-methyl/N-ethyl adjacent to an activating group) is 1. The monoisotopic (exact) mass is 351 g/mol. The molecule has 1 fully saturated rings. The first-order valence-electron chi connectivity index (χ1n) is 9.45. The van der Waals surface area contributed by atoms with Crippen LogP contribution in [0.25, 0.3) is 5.57 Å². The first-order chi connectivity index (χ1) is 12.3. The van der Waals surface area contributed by atoms with Crippen LogP contribution in [0.4, 0.5) is 0 Å². The van der Waals surface area contributed by atoms with Crippen LogP contribution < -0.4 is 5.32 Å². The summed E-state index contributed by atoms with van der Waals surface area (Å²) in [6.07, 6.45) is 6.98. The Morgan fingerprint density at radius 3 is 2.20 bits per heavy atom. The van der Waals surface area contributed by atoms with Gasteiger partial charge in [0.1, 0.15) is 0 Å². The molecule has 1 N–H and O–H groups in total. The van der Waals surface area contributed by atoms with Gasteiger partial charge in [0.05, 0.1) is 0 Å². The zero-order valence-corrected chi connectivity index (χ0v) is 16.2. The van der Waals surface area contributed by atoms with E-state index in [1.165, 1.54) is 59.3 Å². The van der Waals surface area contributed by atoms with Gasteiger partial charge in [0, 0.05) is 16.7 Å². The second-order valence-electron chi connectivity index (χ2n) is 6.95. The molecule has 0 atom stereocenters. The number of hydrogen-bond donors (Lipinski definition) is 1. The number of thioether (sulfide) groups is 1. The zero-order valence-electron chi connectivity index (χ0n) is 15.4. The van der Waals surface area contributed by atoms with Gasteiger partial charge in [-0.25, -0.2) is 0 Å². The predicted molar refractivity (Wildman–Crippen MR) is 111 cm³/mol. The average molecular weight is 352 g/mol. The summed E-state index contributed by atoms with van der Waals surface area (Å²) in [5, 5.41) is 4.11. The molecule has 3 rings (SSSR count). The van der Waals surface area contributed by atoms with Crippen molar-refractivity contribution in [2.45, 2.75) is 49.2 Å². The van der Waals surface area contributed by atoms with Crippen molar-refractivity contribution in [3.63, 3.8) is 0 Å². The molecule has 1 aliphatic rings. The van der Waals surface area contributed by atoms with E-state index in [0.717, 1.165) is 11.8 Å². The molecule has 0 aromatic heterocycles. The lowest BCUT2D eigenvalue weighted by atomic mass is 9.93. The Morgan fingerprint density at radius 1 is 0.920 bits per heavy atom. The van der Waals surface area contributed by atoms with Crippen molar-refractivity contribution < 1.29 is 0 Å². The molecule has 0 heterocycles. The fourth-order valence-electron chi connectivity index (χ4n) is 3.69. The molecule has 2 aromatic carbocycles. The van der Waals surface area contributed by atoms with E-state index in [-0.39, 0.29) is 0 Å². The zero-order chi connectivity index (χ0) is 17.5. The van der Waals surface area contributed by atoms with Gasteiger partial charge in [-0.15, -0.1) is 11.8 Å². The van der Waals surface area contributed by atoms with Crippen LogP contribution in [-0.4, -0.2) is 18.8 Å². The third-order valence-corrected chi connectivity index (χ3v) is 6.28. The van der Waals surface area contributed by atoms with E-state index >= 15 is 0 Å². The smallest absolute Gasteiger partial charge is 0.0168 e. The standard InChI is InChI=1S/C23H29NS/c1-18(17-24-2)23(19-9-5-3-6-10-19)20-13-15-22(16-14-20)25-21-11-7-4-8-12-21/h3,5-6,9-10,13-16,21,24H,4,7-8,11-12,17H2,1-2H3. The van der Waals surface area contributed by atoms with Crippen molar-refractivity contribution in [2.75, 3.05) is 13.6 Å². The van der Waals surface area contributed by atoms with Gasteiger partial charge in [-0.2, -0.15) is 0 Å². The second kappa shape index (κ2) is 9.26. The number of benzene rings is 2. The minimum atomic E-state index is 0.815. The number of hydrogen-bond acceptors (Lipinski definition) is 2. The Balaban J connectivity index is 1.83. The van der Waals surface area contributed by atoms with Crippen molar-refractivity contribution in [3.05, 3.63) is 71.3 Å². The Kier molecular flexibility index (Phi) is 6.77. The lowest BCUT2D eigenvalue weighted by Crippen LogP contribution is -2.10. The van der Waals surface area contributed by atoms with Gasteiger partial charge in [0.25, 0.3) is 0 Å². The van der Waals surface area contributed by atoms with Crippen LogP contribution in [0.15, 0.2) is 65.1 Å². The fraction of sp³-hybridized carbons (Fsp3) is 0.391. The summed E-state index contributed by atoms with van der Waals surface area (Å²) in [5.74, 6) is 0. The molecule has 0 bridgehead atoms. The van der Waals surface area contributed by atoms with E-state index in [2.05, 4.69) is 78.6 Å². The summed E-state index contributed by atoms with van der Waals surface area (Å²) in [6, 6.07) is 20.0. The van der Waals surface area contributed by atoms with Crippen LogP contribution in [0, 0.1) is 0 Å². The quantitative estimate of drug-likeness (QED) is 0.669. The van der Waals surface area contributed by atoms with Crippen LogP contribution in [-0.2, 0) is 0 Å². The Hall–Kier alpha value is -1.51. The highest BCUT2D eigenvalue weighted by Crippen LogP contribution is 2.35. The topological polar surface area (TPSA) is 12.0 Å². The van der Waals surface area contributed by atoms with Gasteiger partial charge in [-0.3, -0.25) is 0 Å². The van der Waals surface area contributed by atoms with E-state index in [1.807, 2.05) is 7.05 Å². The molecule has 0 radical (unpaired) electrons. The van der Waals surface area contributed by atoms with Crippen molar-refractivity contribution in [1.29, 1.82) is 0 Å². The fourth-order valence-corrected chi connectivity index (χ4v) is 4.94. The maximum absolute atomic E-state index is 3.29. The minimum Gasteiger partial charge on any atom is -0.316 e. The van der Waals surface area contributed by atoms with E-state index in [1.54, 1.807) is 0 Å². The summed E-state index contributed by atoms with van der Waals surface area (Å²) in [5.41, 5.74) is 5.33. The van der Waals surface area contributed by atoms with Crippen molar-refractivity contribution in [3.8, 4) is 0 Å². The summed E-state index contributed by atoms with van der Waals surface area (Å²) in [4.78, 5) is 1.41. The highest BCUT2D eigenvalue weighted by molar-refractivity contribution is 8.00. The molecule has 0 amide bonds. The molecular formula is C23H29NS. The average Bonchev–Trinajstić information content (AvgIpc) is 2.65. The molecule has 2 aromatic rings. The molecule has 0 aliphatic heterocycles. The Morgan fingerprint density at radius 2 is 1.56 bits per heavy atom. The molecule has 25 heavy (non-hydrogen) atoms. The highest BCUT2D eigenvalue weighted by Gasteiger charge is 2.15. The maximum atomic E-state index is 3.29. The predicted octanol–water partition coefficient (Wildman–Crippen LogP) is 6.15. The summed E-state index contributed by atoms with van der Waals surface area (Å²) in [6.45, 7) is 3.13. The van der Waals surface area contributed by atoms with Crippen molar-refractivity contribution >= 4 is 17.3 Å². The Labute approximate surface area is 156 Å². The van der Waals surface area contributed by atoms with Crippen molar-refractivity contribution in [1.82, 2.24) is 5.32 Å². The van der Waals surface area contributed by atoms with Crippen molar-refractivity contribution in [2.24, 2.45) is 0 Å². The van der Waals surface area contributed by atoms with Gasteiger partial charge >= 0.3 is 0 Å². The van der Waals surface area contributed by atoms with Gasteiger partial charge in [0.15, 0.2) is 0 Å². The molecule has 132 valence electrons. The highest BCUT2D eigenvalue weighted by atomic mass is 32.2. The van der Waals surface area contributed by atoms with E-state index < -0.39 is 0 Å². The molecule has 0 spiro atoms. The minimum absolute atomic E-state index is 0.815. The molecule has 1 saturated carbocycles. The lowest BCUT2D eigenvalue weighted by molar-refractivity contribution is 0.516. The Bertz CT molecular complexity index is 682. The van der Waals surface area contributed by atoms with Crippen LogP contribution >= 0.6 is 11.8 Å². The number of nitrogens with one attached hydrogen (secondary N) is 1. The maximum Gasteiger partial charge on any atom is 0.0168 e. The van der Waals surface area contributed by atoms with Gasteiger partial charge in [-0.05, 0) is 55.6 Å². The normalized spacial score (nSPS) is 16.6. The van der Waals surface area contributed by atoms with E-state index in [4.69, 9.17) is 0 Å². The van der Waals surface area contributed by atoms with Crippen LogP contribution in [0.3, 0.4) is 0 Å². The molecule has 0 saturated heterocycles. The van der Waals surface area contributed by atoms with Crippen LogP contribution in [0.5, 0.6) is 0 Å². The lowest BCUT2D eigenvalue weighted by Gasteiger charge is -2.21. The first-order valence-corrected chi connectivity index (χ1v) is 10.3. The molecule has 1 nitrogen and oxygen atoms in total. The first kappa shape index (κ1) is 18.3.